The molecule has 138 valence electrons. The third-order valence-corrected chi connectivity index (χ3v) is 3.77. The molecule has 1 fully saturated rings. The van der Waals surface area contributed by atoms with Crippen LogP contribution >= 0.6 is 0 Å². The van der Waals surface area contributed by atoms with E-state index < -0.39 is 5.60 Å². The number of likely N-dealkylation sites (tertiary alicyclic amines) is 1. The van der Waals surface area contributed by atoms with Crippen molar-refractivity contribution >= 4 is 12.0 Å². The van der Waals surface area contributed by atoms with E-state index in [9.17, 15) is 9.59 Å². The molecule has 7 nitrogen and oxygen atoms in total. The second-order valence-corrected chi connectivity index (χ2v) is 7.37. The van der Waals surface area contributed by atoms with E-state index in [1.165, 1.54) is 11.1 Å². The molecule has 0 atom stereocenters. The topological polar surface area (TPSA) is 72.0 Å². The van der Waals surface area contributed by atoms with E-state index in [1.807, 2.05) is 20.8 Å². The SMILES string of the molecule is CN(C)C(=O)c1ccc(OC2CCN(C(=O)OC(C)(C)C)CC2)nc1. The third-order valence-electron chi connectivity index (χ3n) is 3.77. The summed E-state index contributed by atoms with van der Waals surface area (Å²) >= 11 is 0. The molecule has 1 aromatic rings. The molecule has 1 saturated heterocycles. The first-order valence-electron chi connectivity index (χ1n) is 8.48. The van der Waals surface area contributed by atoms with E-state index in [0.29, 0.717) is 24.5 Å². The molecule has 0 aromatic carbocycles. The van der Waals surface area contributed by atoms with Gasteiger partial charge in [0.05, 0.1) is 5.56 Å². The zero-order valence-electron chi connectivity index (χ0n) is 15.6. The summed E-state index contributed by atoms with van der Waals surface area (Å²) in [5.41, 5.74) is 0.0391. The van der Waals surface area contributed by atoms with Crippen LogP contribution < -0.4 is 4.74 Å². The number of pyridine rings is 1. The molecule has 7 heteroatoms. The fourth-order valence-corrected chi connectivity index (χ4v) is 2.49. The first-order chi connectivity index (χ1) is 11.7. The second-order valence-electron chi connectivity index (χ2n) is 7.37. The Morgan fingerprint density at radius 2 is 1.84 bits per heavy atom. The van der Waals surface area contributed by atoms with Gasteiger partial charge in [-0.05, 0) is 26.8 Å². The lowest BCUT2D eigenvalue weighted by Gasteiger charge is -2.33. The minimum absolute atomic E-state index is 0.00147. The Morgan fingerprint density at radius 1 is 1.20 bits per heavy atom. The van der Waals surface area contributed by atoms with Gasteiger partial charge in [-0.1, -0.05) is 0 Å². The molecule has 1 aliphatic heterocycles. The van der Waals surface area contributed by atoms with Crippen molar-refractivity contribution in [3.8, 4) is 5.88 Å². The molecule has 1 aliphatic rings. The van der Waals surface area contributed by atoms with Crippen molar-refractivity contribution in [3.05, 3.63) is 23.9 Å². The lowest BCUT2D eigenvalue weighted by Crippen LogP contribution is -2.44. The van der Waals surface area contributed by atoms with E-state index >= 15 is 0 Å². The Morgan fingerprint density at radius 3 is 2.32 bits per heavy atom. The largest absolute Gasteiger partial charge is 0.474 e. The van der Waals surface area contributed by atoms with Gasteiger partial charge in [-0.25, -0.2) is 9.78 Å². The fraction of sp³-hybridized carbons (Fsp3) is 0.611. The zero-order chi connectivity index (χ0) is 18.6. The van der Waals surface area contributed by atoms with Gasteiger partial charge in [-0.2, -0.15) is 0 Å². The second kappa shape index (κ2) is 7.72. The van der Waals surface area contributed by atoms with Gasteiger partial charge < -0.3 is 19.3 Å². The van der Waals surface area contributed by atoms with Gasteiger partial charge in [0, 0.05) is 52.3 Å². The molecule has 0 bridgehead atoms. The van der Waals surface area contributed by atoms with Gasteiger partial charge in [0.1, 0.15) is 11.7 Å². The maximum atomic E-state index is 12.0. The van der Waals surface area contributed by atoms with Crippen LogP contribution in [0.3, 0.4) is 0 Å². The van der Waals surface area contributed by atoms with Crippen LogP contribution in [-0.2, 0) is 4.74 Å². The van der Waals surface area contributed by atoms with Gasteiger partial charge in [0.2, 0.25) is 5.88 Å². The maximum Gasteiger partial charge on any atom is 0.410 e. The summed E-state index contributed by atoms with van der Waals surface area (Å²) in [6.07, 6.45) is 2.68. The van der Waals surface area contributed by atoms with Crippen LogP contribution in [0.5, 0.6) is 5.88 Å². The maximum absolute atomic E-state index is 12.0. The van der Waals surface area contributed by atoms with Crippen molar-refractivity contribution in [2.45, 2.75) is 45.3 Å². The first-order valence-corrected chi connectivity index (χ1v) is 8.48. The summed E-state index contributed by atoms with van der Waals surface area (Å²) in [6.45, 7) is 6.76. The van der Waals surface area contributed by atoms with Crippen LogP contribution in [-0.4, -0.2) is 65.7 Å². The van der Waals surface area contributed by atoms with E-state index in [1.54, 1.807) is 31.1 Å². The van der Waals surface area contributed by atoms with Crippen molar-refractivity contribution in [2.24, 2.45) is 0 Å². The van der Waals surface area contributed by atoms with Crippen LogP contribution in [0.1, 0.15) is 44.0 Å². The quantitative estimate of drug-likeness (QED) is 0.839. The van der Waals surface area contributed by atoms with Gasteiger partial charge >= 0.3 is 6.09 Å². The number of rotatable bonds is 3. The average molecular weight is 349 g/mol. The highest BCUT2D eigenvalue weighted by molar-refractivity contribution is 5.93. The molecule has 0 unspecified atom stereocenters. The van der Waals surface area contributed by atoms with Crippen molar-refractivity contribution < 1.29 is 19.1 Å². The van der Waals surface area contributed by atoms with Crippen LogP contribution in [0.2, 0.25) is 0 Å². The Kier molecular flexibility index (Phi) is 5.87. The number of ether oxygens (including phenoxy) is 2. The average Bonchev–Trinajstić information content (AvgIpc) is 2.54. The van der Waals surface area contributed by atoms with Gasteiger partial charge in [-0.3, -0.25) is 4.79 Å². The predicted molar refractivity (Wildman–Crippen MR) is 93.7 cm³/mol. The molecule has 0 saturated carbocycles. The summed E-state index contributed by atoms with van der Waals surface area (Å²) in [6, 6.07) is 3.41. The summed E-state index contributed by atoms with van der Waals surface area (Å²) in [5.74, 6) is 0.399. The first kappa shape index (κ1) is 19.0. The van der Waals surface area contributed by atoms with Crippen molar-refractivity contribution in [3.63, 3.8) is 0 Å². The molecular weight excluding hydrogens is 322 g/mol. The monoisotopic (exact) mass is 349 g/mol. The van der Waals surface area contributed by atoms with Gasteiger partial charge in [0.15, 0.2) is 0 Å². The molecule has 2 heterocycles. The highest BCUT2D eigenvalue weighted by Crippen LogP contribution is 2.19. The Bertz CT molecular complexity index is 600. The molecule has 2 rings (SSSR count). The van der Waals surface area contributed by atoms with E-state index in [-0.39, 0.29) is 18.1 Å². The van der Waals surface area contributed by atoms with E-state index in [0.717, 1.165) is 12.8 Å². The van der Waals surface area contributed by atoms with Crippen LogP contribution in [0, 0.1) is 0 Å². The van der Waals surface area contributed by atoms with Crippen molar-refractivity contribution in [2.75, 3.05) is 27.2 Å². The smallest absolute Gasteiger partial charge is 0.410 e. The van der Waals surface area contributed by atoms with Crippen LogP contribution in [0.15, 0.2) is 18.3 Å². The summed E-state index contributed by atoms with van der Waals surface area (Å²) in [7, 11) is 3.40. The highest BCUT2D eigenvalue weighted by Gasteiger charge is 2.27. The number of piperidine rings is 1. The Balaban J connectivity index is 1.84. The lowest BCUT2D eigenvalue weighted by atomic mass is 10.1. The summed E-state index contributed by atoms with van der Waals surface area (Å²) in [4.78, 5) is 31.3. The standard InChI is InChI=1S/C18H27N3O4/c1-18(2,3)25-17(23)21-10-8-14(9-11-21)24-15-7-6-13(12-19-15)16(22)20(4)5/h6-7,12,14H,8-11H2,1-5H3. The van der Waals surface area contributed by atoms with Crippen molar-refractivity contribution in [1.82, 2.24) is 14.8 Å². The van der Waals surface area contributed by atoms with Gasteiger partial charge in [-0.15, -0.1) is 0 Å². The van der Waals surface area contributed by atoms with Crippen LogP contribution in [0.4, 0.5) is 4.79 Å². The number of carbonyl (C=O) groups is 2. The number of amides is 2. The molecule has 1 aromatic heterocycles. The molecule has 25 heavy (non-hydrogen) atoms. The van der Waals surface area contributed by atoms with Crippen LogP contribution in [0.25, 0.3) is 0 Å². The molecular formula is C18H27N3O4. The van der Waals surface area contributed by atoms with E-state index in [4.69, 9.17) is 9.47 Å². The van der Waals surface area contributed by atoms with E-state index in [2.05, 4.69) is 4.98 Å². The number of hydrogen-bond acceptors (Lipinski definition) is 5. The zero-order valence-corrected chi connectivity index (χ0v) is 15.6. The summed E-state index contributed by atoms with van der Waals surface area (Å²) in [5, 5.41) is 0. The normalized spacial score (nSPS) is 15.6. The number of aromatic nitrogens is 1. The molecule has 2 amide bonds. The Labute approximate surface area is 148 Å². The molecule has 0 N–H and O–H groups in total. The molecule has 0 aliphatic carbocycles. The lowest BCUT2D eigenvalue weighted by molar-refractivity contribution is 0.0123. The minimum Gasteiger partial charge on any atom is -0.474 e. The fourth-order valence-electron chi connectivity index (χ4n) is 2.49. The van der Waals surface area contributed by atoms with Crippen molar-refractivity contribution in [1.29, 1.82) is 0 Å². The molecule has 0 spiro atoms. The number of carbonyl (C=O) groups excluding carboxylic acids is 2. The third kappa shape index (κ3) is 5.62. The molecule has 0 radical (unpaired) electrons. The predicted octanol–water partition coefficient (Wildman–Crippen LogP) is 2.56. The van der Waals surface area contributed by atoms with Gasteiger partial charge in [0.25, 0.3) is 5.91 Å². The highest BCUT2D eigenvalue weighted by atomic mass is 16.6. The summed E-state index contributed by atoms with van der Waals surface area (Å²) < 4.78 is 11.2. The number of hydrogen-bond donors (Lipinski definition) is 0. The minimum atomic E-state index is -0.486. The number of nitrogens with zero attached hydrogens (tertiary/aromatic N) is 3. The Hall–Kier alpha value is -2.31.